The lowest BCUT2D eigenvalue weighted by atomic mass is 9.92. The van der Waals surface area contributed by atoms with Crippen molar-refractivity contribution < 1.29 is 28.8 Å². The van der Waals surface area contributed by atoms with Gasteiger partial charge in [0.05, 0.1) is 32.5 Å². The van der Waals surface area contributed by atoms with E-state index in [1.165, 1.54) is 0 Å². The zero-order valence-electron chi connectivity index (χ0n) is 21.6. The molecule has 0 unspecified atom stereocenters. The molecule has 4 heterocycles. The summed E-state index contributed by atoms with van der Waals surface area (Å²) in [5.41, 5.74) is 2.06. The van der Waals surface area contributed by atoms with Crippen molar-refractivity contribution in [2.24, 2.45) is 0 Å². The van der Waals surface area contributed by atoms with Crippen LogP contribution in [0, 0.1) is 13.8 Å². The van der Waals surface area contributed by atoms with Crippen LogP contribution in [-0.4, -0.2) is 75.3 Å². The number of ether oxygens (including phenoxy) is 5. The van der Waals surface area contributed by atoms with Crippen LogP contribution in [0.4, 0.5) is 0 Å². The third-order valence-electron chi connectivity index (χ3n) is 6.82. The molecule has 4 aliphatic rings. The average Bonchev–Trinajstić information content (AvgIpc) is 3.57. The van der Waals surface area contributed by atoms with Gasteiger partial charge in [-0.3, -0.25) is 0 Å². The lowest BCUT2D eigenvalue weighted by Gasteiger charge is -2.34. The van der Waals surface area contributed by atoms with Gasteiger partial charge in [-0.1, -0.05) is 0 Å². The van der Waals surface area contributed by atoms with Crippen LogP contribution in [-0.2, 0) is 18.9 Å². The van der Waals surface area contributed by atoms with Crippen molar-refractivity contribution in [1.82, 2.24) is 19.9 Å². The van der Waals surface area contributed by atoms with Gasteiger partial charge in [0.2, 0.25) is 5.28 Å². The maximum absolute atomic E-state index is 9.24. The summed E-state index contributed by atoms with van der Waals surface area (Å²) in [7, 11) is 0. The fourth-order valence-corrected chi connectivity index (χ4v) is 4.83. The first-order valence-corrected chi connectivity index (χ1v) is 13.4. The van der Waals surface area contributed by atoms with Gasteiger partial charge in [0.25, 0.3) is 0 Å². The van der Waals surface area contributed by atoms with Crippen molar-refractivity contribution in [3.8, 4) is 6.01 Å². The summed E-state index contributed by atoms with van der Waals surface area (Å²) in [5.74, 6) is -0.632. The molecule has 2 spiro atoms. The summed E-state index contributed by atoms with van der Waals surface area (Å²) in [4.78, 5) is 15.8. The van der Waals surface area contributed by atoms with E-state index in [2.05, 4.69) is 19.9 Å². The predicted molar refractivity (Wildman–Crippen MR) is 135 cm³/mol. The van der Waals surface area contributed by atoms with Gasteiger partial charge in [-0.05, 0) is 62.3 Å². The lowest BCUT2D eigenvalue weighted by Crippen LogP contribution is -2.38. The van der Waals surface area contributed by atoms with E-state index < -0.39 is 0 Å². The predicted octanol–water partition coefficient (Wildman–Crippen LogP) is 3.95. The van der Waals surface area contributed by atoms with Gasteiger partial charge in [-0.15, -0.1) is 0 Å². The van der Waals surface area contributed by atoms with Gasteiger partial charge < -0.3 is 28.8 Å². The molecule has 1 N–H and O–H groups in total. The van der Waals surface area contributed by atoms with Crippen LogP contribution in [0.5, 0.6) is 6.01 Å². The van der Waals surface area contributed by atoms with Crippen molar-refractivity contribution in [3.63, 3.8) is 0 Å². The Morgan fingerprint density at radius 1 is 0.730 bits per heavy atom. The number of hydrogen-bond acceptors (Lipinski definition) is 10. The van der Waals surface area contributed by atoms with E-state index in [0.717, 1.165) is 75.7 Å². The first-order chi connectivity index (χ1) is 17.9. The molecule has 37 heavy (non-hydrogen) atoms. The molecule has 4 fully saturated rings. The number of aliphatic hydroxyl groups excluding tert-OH is 1. The van der Waals surface area contributed by atoms with Gasteiger partial charge >= 0.3 is 6.01 Å². The molecule has 2 aliphatic heterocycles. The summed E-state index contributed by atoms with van der Waals surface area (Å²) < 4.78 is 28.1. The number of nitrogens with zero attached hydrogens (tertiary/aromatic N) is 4. The van der Waals surface area contributed by atoms with Crippen molar-refractivity contribution in [3.05, 3.63) is 41.2 Å². The van der Waals surface area contributed by atoms with Crippen LogP contribution >= 0.6 is 11.6 Å². The molecular weight excluding hydrogens is 500 g/mol. The molecule has 11 heteroatoms. The van der Waals surface area contributed by atoms with Crippen LogP contribution in [0.3, 0.4) is 0 Å². The SMILES string of the molecule is Cc1cnc(Cl)nc1.Cc1cnc(OC2CCC3(CC2)OCCO3)nc1.OC1CCC2(CC1)OCCO2. The fourth-order valence-electron chi connectivity index (χ4n) is 4.73. The van der Waals surface area contributed by atoms with Gasteiger partial charge in [-0.25, -0.2) is 19.9 Å². The van der Waals surface area contributed by atoms with E-state index >= 15 is 0 Å². The van der Waals surface area contributed by atoms with Crippen molar-refractivity contribution >= 4 is 11.6 Å². The Balaban J connectivity index is 0.000000143. The van der Waals surface area contributed by atoms with Crippen LogP contribution in [0.1, 0.15) is 62.5 Å². The summed E-state index contributed by atoms with van der Waals surface area (Å²) in [5, 5.41) is 9.54. The fraction of sp³-hybridized carbons (Fsp3) is 0.692. The average molecular weight is 537 g/mol. The number of aryl methyl sites for hydroxylation is 2. The molecule has 0 bridgehead atoms. The third kappa shape index (κ3) is 8.53. The van der Waals surface area contributed by atoms with Crippen molar-refractivity contribution in [1.29, 1.82) is 0 Å². The topological polar surface area (TPSA) is 118 Å². The Bertz CT molecular complexity index is 912. The molecule has 2 aliphatic carbocycles. The molecule has 0 aromatic carbocycles. The van der Waals surface area contributed by atoms with Crippen LogP contribution < -0.4 is 4.74 Å². The Morgan fingerprint density at radius 2 is 1.14 bits per heavy atom. The maximum Gasteiger partial charge on any atom is 0.316 e. The van der Waals surface area contributed by atoms with E-state index in [4.69, 9.17) is 35.3 Å². The molecule has 0 atom stereocenters. The number of aromatic nitrogens is 4. The normalized spacial score (nSPS) is 24.2. The quantitative estimate of drug-likeness (QED) is 0.565. The number of halogens is 1. The highest BCUT2D eigenvalue weighted by molar-refractivity contribution is 6.28. The minimum atomic E-state index is -0.325. The van der Waals surface area contributed by atoms with Crippen molar-refractivity contribution in [2.75, 3.05) is 26.4 Å². The summed E-state index contributed by atoms with van der Waals surface area (Å²) in [6, 6.07) is 0.467. The molecule has 10 nitrogen and oxygen atoms in total. The Kier molecular flexibility index (Phi) is 10.0. The first kappa shape index (κ1) is 28.1. The minimum absolute atomic E-state index is 0.131. The molecule has 204 valence electrons. The second-order valence-electron chi connectivity index (χ2n) is 9.84. The number of rotatable bonds is 2. The molecule has 2 saturated heterocycles. The van der Waals surface area contributed by atoms with Crippen molar-refractivity contribution in [2.45, 2.75) is 89.0 Å². The second kappa shape index (κ2) is 13.2. The monoisotopic (exact) mass is 536 g/mol. The molecule has 2 aromatic rings. The molecule has 0 amide bonds. The van der Waals surface area contributed by atoms with E-state index in [0.29, 0.717) is 24.5 Å². The van der Waals surface area contributed by atoms with Gasteiger partial charge in [0.1, 0.15) is 6.10 Å². The smallest absolute Gasteiger partial charge is 0.316 e. The lowest BCUT2D eigenvalue weighted by molar-refractivity contribution is -0.187. The number of aliphatic hydroxyl groups is 1. The molecule has 0 radical (unpaired) electrons. The highest BCUT2D eigenvalue weighted by Gasteiger charge is 2.41. The molecule has 2 aromatic heterocycles. The maximum atomic E-state index is 9.24. The van der Waals surface area contributed by atoms with Gasteiger partial charge in [0, 0.05) is 50.5 Å². The highest BCUT2D eigenvalue weighted by atomic mass is 35.5. The van der Waals surface area contributed by atoms with E-state index in [9.17, 15) is 5.11 Å². The van der Waals surface area contributed by atoms with Gasteiger partial charge in [0.15, 0.2) is 11.6 Å². The molecular formula is C26H37ClN4O6. The minimum Gasteiger partial charge on any atom is -0.460 e. The van der Waals surface area contributed by atoms with Gasteiger partial charge in [-0.2, -0.15) is 0 Å². The second-order valence-corrected chi connectivity index (χ2v) is 10.2. The largest absolute Gasteiger partial charge is 0.460 e. The zero-order chi connectivity index (χ0) is 26.1. The van der Waals surface area contributed by atoms with Crippen LogP contribution in [0.2, 0.25) is 5.28 Å². The number of hydrogen-bond donors (Lipinski definition) is 1. The molecule has 6 rings (SSSR count). The van der Waals surface area contributed by atoms with E-state index in [1.54, 1.807) is 24.8 Å². The van der Waals surface area contributed by atoms with E-state index in [-0.39, 0.29) is 23.8 Å². The summed E-state index contributed by atoms with van der Waals surface area (Å²) >= 11 is 5.39. The van der Waals surface area contributed by atoms with E-state index in [1.807, 2.05) is 13.8 Å². The Morgan fingerprint density at radius 3 is 1.57 bits per heavy atom. The van der Waals surface area contributed by atoms with Crippen LogP contribution in [0.25, 0.3) is 0 Å². The highest BCUT2D eigenvalue weighted by Crippen LogP contribution is 2.37. The third-order valence-corrected chi connectivity index (χ3v) is 7.01. The Hall–Kier alpha value is -1.95. The summed E-state index contributed by atoms with van der Waals surface area (Å²) in [6.45, 7) is 6.74. The zero-order valence-corrected chi connectivity index (χ0v) is 22.4. The van der Waals surface area contributed by atoms with Crippen LogP contribution in [0.15, 0.2) is 24.8 Å². The standard InChI is InChI=1S/C13H18N2O3.C8H14O3.C5H5ClN2/c1-10-8-14-12(15-9-10)18-11-2-4-13(5-3-11)16-6-7-17-13;9-7-1-3-8(4-2-7)10-5-6-11-8;1-4-2-7-5(6)8-3-4/h8-9,11H,2-7H2,1H3;7,9H,1-6H2;2-3H,1H3. The molecule has 2 saturated carbocycles. The summed E-state index contributed by atoms with van der Waals surface area (Å²) in [6.07, 6.45) is 13.9. The first-order valence-electron chi connectivity index (χ1n) is 13.0. The Labute approximate surface area is 223 Å².